The van der Waals surface area contributed by atoms with E-state index in [4.69, 9.17) is 10.4 Å². The van der Waals surface area contributed by atoms with Crippen LogP contribution in [0.5, 0.6) is 0 Å². The first kappa shape index (κ1) is 9.75. The Morgan fingerprint density at radius 1 is 1.77 bits per heavy atom. The van der Waals surface area contributed by atoms with E-state index in [1.807, 2.05) is 22.9 Å². The van der Waals surface area contributed by atoms with Gasteiger partial charge in [-0.15, -0.1) is 0 Å². The molecule has 4 heteroatoms. The molecule has 0 aromatic carbocycles. The highest BCUT2D eigenvalue weighted by Gasteiger charge is 2.12. The summed E-state index contributed by atoms with van der Waals surface area (Å²) in [5, 5.41) is 21.0. The van der Waals surface area contributed by atoms with Crippen molar-refractivity contribution in [2.45, 2.75) is 12.8 Å². The highest BCUT2D eigenvalue weighted by molar-refractivity contribution is 7.07. The zero-order chi connectivity index (χ0) is 9.68. The molecule has 1 rings (SSSR count). The first-order valence-corrected chi connectivity index (χ1v) is 4.79. The third-order valence-electron chi connectivity index (χ3n) is 1.67. The molecule has 0 aliphatic carbocycles. The Hall–Kier alpha value is -1.34. The van der Waals surface area contributed by atoms with Crippen molar-refractivity contribution in [1.29, 1.82) is 5.26 Å². The SMILES string of the molecule is N#CC(CC(=O)O)Cc1ccsc1. The van der Waals surface area contributed by atoms with Gasteiger partial charge in [-0.05, 0) is 28.8 Å². The normalized spacial score (nSPS) is 11.9. The van der Waals surface area contributed by atoms with Crippen LogP contribution in [-0.2, 0) is 11.2 Å². The molecule has 0 aliphatic heterocycles. The van der Waals surface area contributed by atoms with Crippen molar-refractivity contribution in [2.24, 2.45) is 5.92 Å². The molecule has 1 unspecified atom stereocenters. The summed E-state index contributed by atoms with van der Waals surface area (Å²) >= 11 is 1.55. The summed E-state index contributed by atoms with van der Waals surface area (Å²) in [7, 11) is 0. The Kier molecular flexibility index (Phi) is 3.47. The van der Waals surface area contributed by atoms with Crippen molar-refractivity contribution >= 4 is 17.3 Å². The average molecular weight is 195 g/mol. The molecule has 0 bridgehead atoms. The smallest absolute Gasteiger partial charge is 0.304 e. The molecule has 0 fully saturated rings. The fourth-order valence-corrected chi connectivity index (χ4v) is 1.75. The van der Waals surface area contributed by atoms with Gasteiger partial charge >= 0.3 is 5.97 Å². The van der Waals surface area contributed by atoms with Gasteiger partial charge in [0, 0.05) is 0 Å². The maximum atomic E-state index is 10.3. The first-order valence-electron chi connectivity index (χ1n) is 3.85. The summed E-state index contributed by atoms with van der Waals surface area (Å²) in [6, 6.07) is 3.91. The lowest BCUT2D eigenvalue weighted by Crippen LogP contribution is -2.08. The lowest BCUT2D eigenvalue weighted by Gasteiger charge is -2.02. The Bertz CT molecular complexity index is 313. The molecule has 3 nitrogen and oxygen atoms in total. The molecule has 0 radical (unpaired) electrons. The lowest BCUT2D eigenvalue weighted by atomic mass is 10.00. The van der Waals surface area contributed by atoms with Crippen LogP contribution in [0.15, 0.2) is 16.8 Å². The number of carbonyl (C=O) groups is 1. The van der Waals surface area contributed by atoms with Crippen LogP contribution >= 0.6 is 11.3 Å². The molecule has 68 valence electrons. The molecule has 0 spiro atoms. The molecule has 1 N–H and O–H groups in total. The quantitative estimate of drug-likeness (QED) is 0.798. The second-order valence-corrected chi connectivity index (χ2v) is 3.54. The molecule has 1 heterocycles. The molecule has 1 aromatic rings. The third-order valence-corrected chi connectivity index (χ3v) is 2.40. The summed E-state index contributed by atoms with van der Waals surface area (Å²) in [5.41, 5.74) is 1.04. The predicted octanol–water partition coefficient (Wildman–Crippen LogP) is 1.91. The molecule has 0 amide bonds. The van der Waals surface area contributed by atoms with Gasteiger partial charge in [-0.1, -0.05) is 0 Å². The van der Waals surface area contributed by atoms with E-state index in [1.54, 1.807) is 11.3 Å². The minimum absolute atomic E-state index is 0.0770. The van der Waals surface area contributed by atoms with Crippen LogP contribution in [0.3, 0.4) is 0 Å². The van der Waals surface area contributed by atoms with Crippen LogP contribution in [0.1, 0.15) is 12.0 Å². The monoisotopic (exact) mass is 195 g/mol. The first-order chi connectivity index (χ1) is 6.22. The van der Waals surface area contributed by atoms with E-state index >= 15 is 0 Å². The summed E-state index contributed by atoms with van der Waals surface area (Å²) in [4.78, 5) is 10.3. The zero-order valence-electron chi connectivity index (χ0n) is 6.93. The topological polar surface area (TPSA) is 61.1 Å². The van der Waals surface area contributed by atoms with E-state index in [0.717, 1.165) is 5.56 Å². The maximum absolute atomic E-state index is 10.3. The average Bonchev–Trinajstić information content (AvgIpc) is 2.55. The van der Waals surface area contributed by atoms with E-state index in [9.17, 15) is 4.79 Å². The minimum atomic E-state index is -0.915. The standard InChI is InChI=1S/C9H9NO2S/c10-5-8(4-9(11)12)3-7-1-2-13-6-7/h1-2,6,8H,3-4H2,(H,11,12). The summed E-state index contributed by atoms with van der Waals surface area (Å²) in [5.74, 6) is -1.33. The molecule has 13 heavy (non-hydrogen) atoms. The number of thiophene rings is 1. The van der Waals surface area contributed by atoms with Crippen LogP contribution in [0.25, 0.3) is 0 Å². The fourth-order valence-electron chi connectivity index (χ4n) is 1.07. The molecule has 0 saturated carbocycles. The van der Waals surface area contributed by atoms with E-state index in [0.29, 0.717) is 6.42 Å². The van der Waals surface area contributed by atoms with Crippen LogP contribution in [0.4, 0.5) is 0 Å². The third kappa shape index (κ3) is 3.26. The molecule has 0 aliphatic rings. The van der Waals surface area contributed by atoms with Crippen LogP contribution < -0.4 is 0 Å². The number of hydrogen-bond acceptors (Lipinski definition) is 3. The minimum Gasteiger partial charge on any atom is -0.481 e. The Morgan fingerprint density at radius 3 is 3.00 bits per heavy atom. The van der Waals surface area contributed by atoms with Crippen molar-refractivity contribution in [3.8, 4) is 6.07 Å². The van der Waals surface area contributed by atoms with E-state index in [2.05, 4.69) is 0 Å². The van der Waals surface area contributed by atoms with Gasteiger partial charge in [0.2, 0.25) is 0 Å². The number of hydrogen-bond donors (Lipinski definition) is 1. The predicted molar refractivity (Wildman–Crippen MR) is 49.4 cm³/mol. The number of nitriles is 1. The van der Waals surface area contributed by atoms with E-state index in [-0.39, 0.29) is 6.42 Å². The van der Waals surface area contributed by atoms with Crippen molar-refractivity contribution in [1.82, 2.24) is 0 Å². The van der Waals surface area contributed by atoms with E-state index < -0.39 is 11.9 Å². The van der Waals surface area contributed by atoms with Crippen LogP contribution in [0, 0.1) is 17.2 Å². The number of carboxylic acid groups (broad SMARTS) is 1. The van der Waals surface area contributed by atoms with Crippen molar-refractivity contribution in [3.05, 3.63) is 22.4 Å². The maximum Gasteiger partial charge on any atom is 0.304 e. The molecule has 1 atom stereocenters. The number of carboxylic acids is 1. The van der Waals surface area contributed by atoms with Gasteiger partial charge in [-0.25, -0.2) is 0 Å². The van der Waals surface area contributed by atoms with Gasteiger partial charge in [0.15, 0.2) is 0 Å². The summed E-state index contributed by atoms with van der Waals surface area (Å²) in [6.45, 7) is 0. The lowest BCUT2D eigenvalue weighted by molar-refractivity contribution is -0.137. The van der Waals surface area contributed by atoms with Gasteiger partial charge < -0.3 is 5.11 Å². The summed E-state index contributed by atoms with van der Waals surface area (Å²) in [6.07, 6.45) is 0.457. The largest absolute Gasteiger partial charge is 0.481 e. The van der Waals surface area contributed by atoms with Crippen LogP contribution in [-0.4, -0.2) is 11.1 Å². The molecular formula is C9H9NO2S. The van der Waals surface area contributed by atoms with Gasteiger partial charge in [-0.3, -0.25) is 4.79 Å². The molecule has 1 aromatic heterocycles. The van der Waals surface area contributed by atoms with Crippen LogP contribution in [0.2, 0.25) is 0 Å². The fraction of sp³-hybridized carbons (Fsp3) is 0.333. The van der Waals surface area contributed by atoms with Gasteiger partial charge in [-0.2, -0.15) is 16.6 Å². The van der Waals surface area contributed by atoms with Gasteiger partial charge in [0.05, 0.1) is 18.4 Å². The molecule has 0 saturated heterocycles. The van der Waals surface area contributed by atoms with E-state index in [1.165, 1.54) is 0 Å². The Morgan fingerprint density at radius 2 is 2.54 bits per heavy atom. The number of nitrogens with zero attached hydrogens (tertiary/aromatic N) is 1. The van der Waals surface area contributed by atoms with Crippen molar-refractivity contribution in [2.75, 3.05) is 0 Å². The Balaban J connectivity index is 2.51. The number of rotatable bonds is 4. The van der Waals surface area contributed by atoms with Gasteiger partial charge in [0.1, 0.15) is 0 Å². The van der Waals surface area contributed by atoms with Crippen molar-refractivity contribution < 1.29 is 9.90 Å². The number of aliphatic carboxylic acids is 1. The van der Waals surface area contributed by atoms with Crippen molar-refractivity contribution in [3.63, 3.8) is 0 Å². The van der Waals surface area contributed by atoms with Gasteiger partial charge in [0.25, 0.3) is 0 Å². The highest BCUT2D eigenvalue weighted by atomic mass is 32.1. The second kappa shape index (κ2) is 4.63. The second-order valence-electron chi connectivity index (χ2n) is 2.76. The molecular weight excluding hydrogens is 186 g/mol. The Labute approximate surface area is 80.2 Å². The summed E-state index contributed by atoms with van der Waals surface area (Å²) < 4.78 is 0. The zero-order valence-corrected chi connectivity index (χ0v) is 7.75. The highest BCUT2D eigenvalue weighted by Crippen LogP contribution is 2.14.